The van der Waals surface area contributed by atoms with Crippen molar-refractivity contribution in [1.82, 2.24) is 4.90 Å². The lowest BCUT2D eigenvalue weighted by atomic mass is 10.1. The molecule has 0 unspecified atom stereocenters. The van der Waals surface area contributed by atoms with Crippen molar-refractivity contribution in [3.05, 3.63) is 29.8 Å². The van der Waals surface area contributed by atoms with Crippen LogP contribution in [0.5, 0.6) is 5.75 Å². The lowest BCUT2D eigenvalue weighted by Gasteiger charge is -2.26. The summed E-state index contributed by atoms with van der Waals surface area (Å²) in [5.41, 5.74) is 6.05. The fourth-order valence-electron chi connectivity index (χ4n) is 2.02. The van der Waals surface area contributed by atoms with Crippen LogP contribution in [-0.2, 0) is 16.0 Å². The second kappa shape index (κ2) is 7.11. The maximum atomic E-state index is 10.8. The summed E-state index contributed by atoms with van der Waals surface area (Å²) >= 11 is 0. The molecule has 2 rings (SSSR count). The summed E-state index contributed by atoms with van der Waals surface area (Å²) in [5.74, 6) is 0.502. The van der Waals surface area contributed by atoms with Gasteiger partial charge in [-0.25, -0.2) is 0 Å². The van der Waals surface area contributed by atoms with Gasteiger partial charge in [-0.1, -0.05) is 12.1 Å². The van der Waals surface area contributed by atoms with E-state index in [2.05, 4.69) is 4.90 Å². The van der Waals surface area contributed by atoms with Crippen LogP contribution in [0.25, 0.3) is 0 Å². The van der Waals surface area contributed by atoms with E-state index in [1.54, 1.807) is 0 Å². The minimum atomic E-state index is -0.319. The summed E-state index contributed by atoms with van der Waals surface area (Å²) < 4.78 is 11.0. The standard InChI is InChI=1S/C14H20N2O3/c15-14(17)11-12-1-3-13(4-2-12)19-10-7-16-5-8-18-9-6-16/h1-4H,5-11H2,(H2,15,17). The van der Waals surface area contributed by atoms with Crippen molar-refractivity contribution in [2.24, 2.45) is 5.73 Å². The van der Waals surface area contributed by atoms with E-state index >= 15 is 0 Å². The Bertz CT molecular complexity index is 400. The smallest absolute Gasteiger partial charge is 0.221 e. The Hall–Kier alpha value is -1.59. The first-order valence-corrected chi connectivity index (χ1v) is 6.54. The second-order valence-corrected chi connectivity index (χ2v) is 4.59. The largest absolute Gasteiger partial charge is 0.492 e. The third-order valence-corrected chi connectivity index (χ3v) is 3.08. The number of morpholine rings is 1. The summed E-state index contributed by atoms with van der Waals surface area (Å²) in [5, 5.41) is 0. The van der Waals surface area contributed by atoms with Crippen molar-refractivity contribution >= 4 is 5.91 Å². The molecule has 0 saturated carbocycles. The number of hydrogen-bond acceptors (Lipinski definition) is 4. The number of ether oxygens (including phenoxy) is 2. The molecule has 2 N–H and O–H groups in total. The van der Waals surface area contributed by atoms with Gasteiger partial charge in [-0.15, -0.1) is 0 Å². The fraction of sp³-hybridized carbons (Fsp3) is 0.500. The average molecular weight is 264 g/mol. The Labute approximate surface area is 113 Å². The minimum absolute atomic E-state index is 0.272. The molecule has 1 fully saturated rings. The van der Waals surface area contributed by atoms with Gasteiger partial charge < -0.3 is 15.2 Å². The Morgan fingerprint density at radius 2 is 1.95 bits per heavy atom. The predicted octanol–water partition coefficient (Wildman–Crippen LogP) is 0.425. The van der Waals surface area contributed by atoms with Gasteiger partial charge in [-0.05, 0) is 17.7 Å². The molecule has 5 nitrogen and oxygen atoms in total. The Balaban J connectivity index is 1.71. The van der Waals surface area contributed by atoms with Gasteiger partial charge in [0.15, 0.2) is 0 Å². The highest BCUT2D eigenvalue weighted by Crippen LogP contribution is 2.12. The number of rotatable bonds is 6. The first kappa shape index (κ1) is 13.8. The van der Waals surface area contributed by atoms with Crippen LogP contribution in [0.15, 0.2) is 24.3 Å². The molecule has 1 amide bonds. The number of primary amides is 1. The van der Waals surface area contributed by atoms with Gasteiger partial charge in [0.2, 0.25) is 5.91 Å². The molecule has 5 heteroatoms. The van der Waals surface area contributed by atoms with Crippen molar-refractivity contribution in [3.8, 4) is 5.75 Å². The first-order valence-electron chi connectivity index (χ1n) is 6.54. The molecular weight excluding hydrogens is 244 g/mol. The molecule has 0 bridgehead atoms. The maximum Gasteiger partial charge on any atom is 0.221 e. The van der Waals surface area contributed by atoms with E-state index in [1.807, 2.05) is 24.3 Å². The van der Waals surface area contributed by atoms with Crippen LogP contribution in [0.1, 0.15) is 5.56 Å². The highest BCUT2D eigenvalue weighted by atomic mass is 16.5. The van der Waals surface area contributed by atoms with Crippen molar-refractivity contribution in [1.29, 1.82) is 0 Å². The molecule has 1 aliphatic heterocycles. The molecule has 1 aromatic carbocycles. The van der Waals surface area contributed by atoms with Gasteiger partial charge >= 0.3 is 0 Å². The molecule has 1 saturated heterocycles. The monoisotopic (exact) mass is 264 g/mol. The van der Waals surface area contributed by atoms with Crippen molar-refractivity contribution in [2.45, 2.75) is 6.42 Å². The predicted molar refractivity (Wildman–Crippen MR) is 72.1 cm³/mol. The van der Waals surface area contributed by atoms with E-state index in [9.17, 15) is 4.79 Å². The van der Waals surface area contributed by atoms with Crippen LogP contribution in [0, 0.1) is 0 Å². The Morgan fingerprint density at radius 3 is 2.58 bits per heavy atom. The van der Waals surface area contributed by atoms with E-state index in [0.29, 0.717) is 6.61 Å². The van der Waals surface area contributed by atoms with Crippen molar-refractivity contribution in [3.63, 3.8) is 0 Å². The number of carbonyl (C=O) groups excluding carboxylic acids is 1. The van der Waals surface area contributed by atoms with Crippen molar-refractivity contribution < 1.29 is 14.3 Å². The molecule has 0 aliphatic carbocycles. The number of nitrogens with two attached hydrogens (primary N) is 1. The lowest BCUT2D eigenvalue weighted by molar-refractivity contribution is -0.117. The van der Waals surface area contributed by atoms with Crippen LogP contribution >= 0.6 is 0 Å². The molecule has 19 heavy (non-hydrogen) atoms. The van der Waals surface area contributed by atoms with Gasteiger partial charge in [0, 0.05) is 19.6 Å². The minimum Gasteiger partial charge on any atom is -0.492 e. The number of hydrogen-bond donors (Lipinski definition) is 1. The van der Waals surface area contributed by atoms with E-state index in [0.717, 1.165) is 44.2 Å². The average Bonchev–Trinajstić information content (AvgIpc) is 2.41. The molecule has 1 aliphatic rings. The normalized spacial score (nSPS) is 16.2. The zero-order valence-corrected chi connectivity index (χ0v) is 11.0. The molecule has 1 aromatic rings. The summed E-state index contributed by atoms with van der Waals surface area (Å²) in [4.78, 5) is 13.1. The van der Waals surface area contributed by atoms with Gasteiger partial charge in [0.1, 0.15) is 12.4 Å². The van der Waals surface area contributed by atoms with Crippen LogP contribution < -0.4 is 10.5 Å². The highest BCUT2D eigenvalue weighted by molar-refractivity contribution is 5.76. The molecule has 104 valence electrons. The van der Waals surface area contributed by atoms with Crippen LogP contribution in [0.2, 0.25) is 0 Å². The lowest BCUT2D eigenvalue weighted by Crippen LogP contribution is -2.38. The Kier molecular flexibility index (Phi) is 5.18. The van der Waals surface area contributed by atoms with E-state index in [1.165, 1.54) is 0 Å². The van der Waals surface area contributed by atoms with Gasteiger partial charge in [0.05, 0.1) is 19.6 Å². The van der Waals surface area contributed by atoms with E-state index in [4.69, 9.17) is 15.2 Å². The quantitative estimate of drug-likeness (QED) is 0.809. The SMILES string of the molecule is NC(=O)Cc1ccc(OCCN2CCOCC2)cc1. The Morgan fingerprint density at radius 1 is 1.26 bits per heavy atom. The van der Waals surface area contributed by atoms with Crippen molar-refractivity contribution in [2.75, 3.05) is 39.5 Å². The second-order valence-electron chi connectivity index (χ2n) is 4.59. The van der Waals surface area contributed by atoms with Gasteiger partial charge in [-0.2, -0.15) is 0 Å². The first-order chi connectivity index (χ1) is 9.24. The van der Waals surface area contributed by atoms with Crippen LogP contribution in [0.4, 0.5) is 0 Å². The number of carbonyl (C=O) groups is 1. The van der Waals surface area contributed by atoms with Gasteiger partial charge in [-0.3, -0.25) is 9.69 Å². The van der Waals surface area contributed by atoms with Crippen LogP contribution in [-0.4, -0.2) is 50.3 Å². The summed E-state index contributed by atoms with van der Waals surface area (Å²) in [6.45, 7) is 5.13. The summed E-state index contributed by atoms with van der Waals surface area (Å²) in [7, 11) is 0. The van der Waals surface area contributed by atoms with Crippen LogP contribution in [0.3, 0.4) is 0 Å². The van der Waals surface area contributed by atoms with E-state index in [-0.39, 0.29) is 12.3 Å². The molecule has 0 aromatic heterocycles. The molecule has 0 spiro atoms. The third kappa shape index (κ3) is 4.89. The van der Waals surface area contributed by atoms with E-state index < -0.39 is 0 Å². The topological polar surface area (TPSA) is 64.8 Å². The van der Waals surface area contributed by atoms with Gasteiger partial charge in [0.25, 0.3) is 0 Å². The molecule has 0 atom stereocenters. The number of nitrogens with zero attached hydrogens (tertiary/aromatic N) is 1. The zero-order chi connectivity index (χ0) is 13.5. The number of benzene rings is 1. The summed E-state index contributed by atoms with van der Waals surface area (Å²) in [6, 6.07) is 7.48. The zero-order valence-electron chi connectivity index (χ0n) is 11.0. The maximum absolute atomic E-state index is 10.8. The number of amides is 1. The highest BCUT2D eigenvalue weighted by Gasteiger charge is 2.09. The summed E-state index contributed by atoms with van der Waals surface area (Å²) in [6.07, 6.45) is 0.272. The molecular formula is C14H20N2O3. The molecule has 1 heterocycles. The third-order valence-electron chi connectivity index (χ3n) is 3.08. The fourth-order valence-corrected chi connectivity index (χ4v) is 2.02. The molecule has 0 radical (unpaired) electrons.